The molecule has 98 valence electrons. The van der Waals surface area contributed by atoms with E-state index in [-0.39, 0.29) is 11.8 Å². The number of carbonyl (C=O) groups is 2. The second-order valence-corrected chi connectivity index (χ2v) is 4.37. The van der Waals surface area contributed by atoms with Crippen LogP contribution in [0, 0.1) is 0 Å². The Labute approximate surface area is 107 Å². The summed E-state index contributed by atoms with van der Waals surface area (Å²) in [6, 6.07) is 4.34. The summed E-state index contributed by atoms with van der Waals surface area (Å²) in [4.78, 5) is 36.4. The highest BCUT2D eigenvalue weighted by Crippen LogP contribution is 2.17. The molecular formula is C12H11N3O4. The van der Waals surface area contributed by atoms with E-state index in [1.165, 1.54) is 0 Å². The van der Waals surface area contributed by atoms with Crippen LogP contribution >= 0.6 is 0 Å². The molecule has 0 aliphatic carbocycles. The van der Waals surface area contributed by atoms with E-state index in [0.29, 0.717) is 29.6 Å². The summed E-state index contributed by atoms with van der Waals surface area (Å²) in [6.45, 7) is 0. The quantitative estimate of drug-likeness (QED) is 0.724. The summed E-state index contributed by atoms with van der Waals surface area (Å²) in [7, 11) is 0. The van der Waals surface area contributed by atoms with Gasteiger partial charge in [-0.1, -0.05) is 0 Å². The highest BCUT2D eigenvalue weighted by Gasteiger charge is 2.27. The number of rotatable bonds is 2. The number of aromatic amines is 1. The van der Waals surface area contributed by atoms with Gasteiger partial charge in [-0.25, -0.2) is 4.79 Å². The minimum absolute atomic E-state index is 0.116. The van der Waals surface area contributed by atoms with Gasteiger partial charge in [0, 0.05) is 12.1 Å². The van der Waals surface area contributed by atoms with Crippen molar-refractivity contribution in [3.05, 3.63) is 28.7 Å². The minimum atomic E-state index is -0.540. The van der Waals surface area contributed by atoms with Gasteiger partial charge in [0.05, 0.1) is 5.52 Å². The number of H-pyrrole nitrogens is 1. The average molecular weight is 261 g/mol. The summed E-state index contributed by atoms with van der Waals surface area (Å²) in [5.74, 6) is -0.924. The molecule has 0 saturated carbocycles. The van der Waals surface area contributed by atoms with Crippen LogP contribution in [0.5, 0.6) is 0 Å². The molecule has 1 aliphatic rings. The molecule has 2 amide bonds. The fourth-order valence-corrected chi connectivity index (χ4v) is 2.07. The number of fused-ring (bicyclic) bond motifs is 1. The Bertz CT molecular complexity index is 715. The van der Waals surface area contributed by atoms with Gasteiger partial charge >= 0.3 is 5.76 Å². The first-order valence-electron chi connectivity index (χ1n) is 5.85. The fourth-order valence-electron chi connectivity index (χ4n) is 2.07. The first-order valence-corrected chi connectivity index (χ1v) is 5.85. The zero-order chi connectivity index (χ0) is 13.4. The third-order valence-corrected chi connectivity index (χ3v) is 3.00. The number of anilines is 1. The lowest BCUT2D eigenvalue weighted by atomic mass is 10.2. The number of benzene rings is 1. The molecule has 1 unspecified atom stereocenters. The van der Waals surface area contributed by atoms with Crippen molar-refractivity contribution in [1.29, 1.82) is 0 Å². The van der Waals surface area contributed by atoms with Crippen LogP contribution in [-0.2, 0) is 9.59 Å². The van der Waals surface area contributed by atoms with Crippen molar-refractivity contribution in [2.75, 3.05) is 5.32 Å². The monoisotopic (exact) mass is 261 g/mol. The van der Waals surface area contributed by atoms with E-state index in [4.69, 9.17) is 4.42 Å². The van der Waals surface area contributed by atoms with Gasteiger partial charge in [0.15, 0.2) is 5.58 Å². The molecule has 1 fully saturated rings. The second kappa shape index (κ2) is 4.27. The molecule has 2 heterocycles. The lowest BCUT2D eigenvalue weighted by molar-refractivity contribution is -0.122. The van der Waals surface area contributed by atoms with Gasteiger partial charge in [0.25, 0.3) is 0 Å². The zero-order valence-electron chi connectivity index (χ0n) is 9.86. The van der Waals surface area contributed by atoms with Gasteiger partial charge in [-0.2, -0.15) is 0 Å². The normalized spacial score (nSPS) is 18.5. The Kier molecular flexibility index (Phi) is 2.59. The Hall–Kier alpha value is -2.57. The molecule has 3 N–H and O–H groups in total. The van der Waals surface area contributed by atoms with Crippen LogP contribution in [0.3, 0.4) is 0 Å². The number of hydrogen-bond donors (Lipinski definition) is 3. The third kappa shape index (κ3) is 2.22. The molecule has 7 heteroatoms. The van der Waals surface area contributed by atoms with Crippen LogP contribution in [0.1, 0.15) is 12.8 Å². The van der Waals surface area contributed by atoms with Crippen LogP contribution in [0.15, 0.2) is 27.4 Å². The van der Waals surface area contributed by atoms with Crippen LogP contribution in [0.25, 0.3) is 11.1 Å². The van der Waals surface area contributed by atoms with Crippen molar-refractivity contribution in [2.45, 2.75) is 18.9 Å². The lowest BCUT2D eigenvalue weighted by Crippen LogP contribution is -2.37. The van der Waals surface area contributed by atoms with E-state index >= 15 is 0 Å². The van der Waals surface area contributed by atoms with Gasteiger partial charge in [0.1, 0.15) is 6.04 Å². The van der Waals surface area contributed by atoms with E-state index in [9.17, 15) is 14.4 Å². The predicted octanol–water partition coefficient (Wildman–Crippen LogP) is 0.338. The summed E-state index contributed by atoms with van der Waals surface area (Å²) >= 11 is 0. The number of hydrogen-bond acceptors (Lipinski definition) is 4. The summed E-state index contributed by atoms with van der Waals surface area (Å²) in [5, 5.41) is 5.28. The molecule has 1 aromatic heterocycles. The standard InChI is InChI=1S/C12H11N3O4/c16-10-4-2-7(14-10)11(17)13-6-1-3-9-8(5-6)15-12(18)19-9/h1,3,5,7H,2,4H2,(H,13,17)(H,14,16)(H,15,18). The largest absolute Gasteiger partial charge is 0.417 e. The van der Waals surface area contributed by atoms with Gasteiger partial charge in [-0.3, -0.25) is 14.6 Å². The number of aromatic nitrogens is 1. The van der Waals surface area contributed by atoms with Crippen molar-refractivity contribution in [2.24, 2.45) is 0 Å². The summed E-state index contributed by atoms with van der Waals surface area (Å²) in [6.07, 6.45) is 0.863. The highest BCUT2D eigenvalue weighted by molar-refractivity contribution is 5.99. The molecule has 7 nitrogen and oxygen atoms in total. The number of oxazole rings is 1. The minimum Gasteiger partial charge on any atom is -0.408 e. The fraction of sp³-hybridized carbons (Fsp3) is 0.250. The molecule has 1 atom stereocenters. The van der Waals surface area contributed by atoms with E-state index in [0.717, 1.165) is 0 Å². The Morgan fingerprint density at radius 2 is 2.21 bits per heavy atom. The molecule has 19 heavy (non-hydrogen) atoms. The first kappa shape index (κ1) is 11.5. The number of amides is 2. The van der Waals surface area contributed by atoms with Crippen LogP contribution in [0.4, 0.5) is 5.69 Å². The van der Waals surface area contributed by atoms with Crippen LogP contribution in [0.2, 0.25) is 0 Å². The van der Waals surface area contributed by atoms with Crippen LogP contribution < -0.4 is 16.4 Å². The molecule has 2 aromatic rings. The SMILES string of the molecule is O=C1CCC(C(=O)Nc2ccc3oc(=O)[nH]c3c2)N1. The first-order chi connectivity index (χ1) is 9.11. The molecule has 0 radical (unpaired) electrons. The van der Waals surface area contributed by atoms with E-state index < -0.39 is 11.8 Å². The Morgan fingerprint density at radius 3 is 2.95 bits per heavy atom. The van der Waals surface area contributed by atoms with Gasteiger partial charge < -0.3 is 15.1 Å². The summed E-state index contributed by atoms with van der Waals surface area (Å²) in [5.41, 5.74) is 1.48. The smallest absolute Gasteiger partial charge is 0.408 e. The summed E-state index contributed by atoms with van der Waals surface area (Å²) < 4.78 is 4.86. The van der Waals surface area contributed by atoms with Crippen LogP contribution in [-0.4, -0.2) is 22.8 Å². The molecule has 0 bridgehead atoms. The third-order valence-electron chi connectivity index (χ3n) is 3.00. The average Bonchev–Trinajstić information content (AvgIpc) is 2.93. The maximum absolute atomic E-state index is 11.9. The maximum Gasteiger partial charge on any atom is 0.417 e. The lowest BCUT2D eigenvalue weighted by Gasteiger charge is -2.10. The van der Waals surface area contributed by atoms with Crippen molar-refractivity contribution < 1.29 is 14.0 Å². The zero-order valence-corrected chi connectivity index (χ0v) is 9.86. The Morgan fingerprint density at radius 1 is 1.37 bits per heavy atom. The molecule has 1 aliphatic heterocycles. The molecule has 0 spiro atoms. The number of carbonyl (C=O) groups excluding carboxylic acids is 2. The van der Waals surface area contributed by atoms with E-state index in [2.05, 4.69) is 15.6 Å². The van der Waals surface area contributed by atoms with Crippen molar-refractivity contribution >= 4 is 28.6 Å². The van der Waals surface area contributed by atoms with Crippen molar-refractivity contribution in [1.82, 2.24) is 10.3 Å². The van der Waals surface area contributed by atoms with Gasteiger partial charge in [-0.05, 0) is 24.6 Å². The topological polar surface area (TPSA) is 104 Å². The van der Waals surface area contributed by atoms with Crippen molar-refractivity contribution in [3.63, 3.8) is 0 Å². The Balaban J connectivity index is 1.79. The molecule has 1 aromatic carbocycles. The van der Waals surface area contributed by atoms with E-state index in [1.807, 2.05) is 0 Å². The maximum atomic E-state index is 11.9. The van der Waals surface area contributed by atoms with Gasteiger partial charge in [-0.15, -0.1) is 0 Å². The van der Waals surface area contributed by atoms with Gasteiger partial charge in [0.2, 0.25) is 11.8 Å². The second-order valence-electron chi connectivity index (χ2n) is 4.37. The van der Waals surface area contributed by atoms with Crippen molar-refractivity contribution in [3.8, 4) is 0 Å². The molecular weight excluding hydrogens is 250 g/mol. The number of nitrogens with one attached hydrogen (secondary N) is 3. The highest BCUT2D eigenvalue weighted by atomic mass is 16.4. The predicted molar refractivity (Wildman–Crippen MR) is 66.6 cm³/mol. The molecule has 3 rings (SSSR count). The molecule has 1 saturated heterocycles. The van der Waals surface area contributed by atoms with E-state index in [1.54, 1.807) is 18.2 Å².